The Morgan fingerprint density at radius 2 is 0.726 bits per heavy atom. The van der Waals surface area contributed by atoms with Crippen molar-refractivity contribution in [1.82, 2.24) is 29.1 Å². The van der Waals surface area contributed by atoms with Gasteiger partial charge in [-0.3, -0.25) is 9.13 Å². The van der Waals surface area contributed by atoms with Crippen LogP contribution in [0.3, 0.4) is 0 Å². The summed E-state index contributed by atoms with van der Waals surface area (Å²) >= 11 is 3.57. The molecule has 0 aliphatic rings. The van der Waals surface area contributed by atoms with Crippen LogP contribution in [-0.2, 0) is 0 Å². The van der Waals surface area contributed by atoms with Gasteiger partial charge in [-0.15, -0.1) is 0 Å². The highest BCUT2D eigenvalue weighted by Gasteiger charge is 2.22. The lowest BCUT2D eigenvalue weighted by Gasteiger charge is -2.26. The van der Waals surface area contributed by atoms with Crippen LogP contribution in [0.25, 0.3) is 78.5 Å². The maximum absolute atomic E-state index is 4.99. The van der Waals surface area contributed by atoms with E-state index < -0.39 is 0 Å². The van der Waals surface area contributed by atoms with Crippen LogP contribution in [0.2, 0.25) is 0 Å². The fourth-order valence-corrected chi connectivity index (χ4v) is 12.5. The Labute approximate surface area is 570 Å². The van der Waals surface area contributed by atoms with Crippen LogP contribution < -0.4 is 10.2 Å². The van der Waals surface area contributed by atoms with Gasteiger partial charge in [0.05, 0.1) is 33.8 Å². The molecule has 4 heterocycles. The van der Waals surface area contributed by atoms with Crippen molar-refractivity contribution in [1.29, 1.82) is 0 Å². The summed E-state index contributed by atoms with van der Waals surface area (Å²) in [4.78, 5) is 21.6. The zero-order valence-electron chi connectivity index (χ0n) is 54.0. The van der Waals surface area contributed by atoms with Crippen molar-refractivity contribution in [3.05, 3.63) is 318 Å². The molecule has 476 valence electrons. The monoisotopic (exact) mass is 1310 g/mol. The summed E-state index contributed by atoms with van der Waals surface area (Å²) in [5.74, 6) is 3.58. The largest absolute Gasteiger partial charge is 0.356 e. The molecule has 8 nitrogen and oxygen atoms in total. The van der Waals surface area contributed by atoms with E-state index in [0.717, 1.165) is 100 Å². The molecule has 0 atom stereocenters. The summed E-state index contributed by atoms with van der Waals surface area (Å²) in [7, 11) is 0. The second-order valence-electron chi connectivity index (χ2n) is 24.6. The summed E-state index contributed by atoms with van der Waals surface area (Å²) in [5.41, 5.74) is 21.5. The first-order chi connectivity index (χ1) is 45.3. The van der Waals surface area contributed by atoms with Crippen LogP contribution in [0.1, 0.15) is 116 Å². The standard InChI is InChI=1S/C42H38N4.C21H23BrN2.C21H16N2.2CH4/c1-29(2)37-20-12-21-38(30(3)4)41(37)45-26-25-43-42(45)33-15-11-19-36(28-33)46(34-16-6-5-7-17-34)35-18-10-14-32(27-35)40-24-23-31-13-8-9-22-39(31)44-40;1-14(2)18-9-6-10-19(15(3)4)20(18)24-12-11-23-21(24)16-7-5-8-17(22)13-16;1-2-9-18(10-3-1)22-19-11-6-8-17(15-19)21-14-13-16-7-4-5-12-20(16)23-21;;/h5-30H,1-4H3;5-15H,1-4H3;1-15,22H;2*1H4. The van der Waals surface area contributed by atoms with E-state index in [2.05, 4.69) is 326 Å². The highest BCUT2D eigenvalue weighted by molar-refractivity contribution is 9.10. The van der Waals surface area contributed by atoms with Gasteiger partial charge in [-0.25, -0.2) is 19.9 Å². The van der Waals surface area contributed by atoms with E-state index in [1.807, 2.05) is 60.9 Å². The van der Waals surface area contributed by atoms with Gasteiger partial charge in [0.2, 0.25) is 0 Å². The average Bonchev–Trinajstić information content (AvgIpc) is 1.75. The molecule has 14 aromatic rings. The molecular formula is C86H85BrN8. The maximum Gasteiger partial charge on any atom is 0.144 e. The normalized spacial score (nSPS) is 11.0. The second-order valence-corrected chi connectivity index (χ2v) is 25.5. The average molecular weight is 1310 g/mol. The third-order valence-electron chi connectivity index (χ3n) is 16.7. The second kappa shape index (κ2) is 31.0. The molecular weight excluding hydrogens is 1220 g/mol. The third-order valence-corrected chi connectivity index (χ3v) is 17.2. The zero-order valence-corrected chi connectivity index (χ0v) is 55.6. The minimum Gasteiger partial charge on any atom is -0.356 e. The van der Waals surface area contributed by atoms with Crippen molar-refractivity contribution in [3.63, 3.8) is 0 Å². The number of nitrogens with one attached hydrogen (secondary N) is 1. The Morgan fingerprint density at radius 1 is 0.347 bits per heavy atom. The number of halogens is 1. The van der Waals surface area contributed by atoms with Crippen molar-refractivity contribution in [2.75, 3.05) is 10.2 Å². The predicted molar refractivity (Wildman–Crippen MR) is 408 cm³/mol. The SMILES string of the molecule is C.C.CC(C)c1cccc(C(C)C)c1-n1ccnc1-c1cccc(Br)c1.CC(C)c1cccc(C(C)C)c1-n1ccnc1-c1cccc(N(c2ccccc2)c2cccc(-c3ccc4ccccc4n3)c2)c1.c1ccc(Nc2cccc(-c3ccc4ccccc4n3)c2)cc1. The van der Waals surface area contributed by atoms with E-state index in [-0.39, 0.29) is 14.9 Å². The van der Waals surface area contributed by atoms with Gasteiger partial charge in [-0.1, -0.05) is 256 Å². The predicted octanol–water partition coefficient (Wildman–Crippen LogP) is 24.9. The third kappa shape index (κ3) is 15.5. The van der Waals surface area contributed by atoms with Gasteiger partial charge in [0.15, 0.2) is 0 Å². The van der Waals surface area contributed by atoms with Crippen molar-refractivity contribution in [2.45, 2.75) is 93.9 Å². The topological polar surface area (TPSA) is 76.7 Å². The smallest absolute Gasteiger partial charge is 0.144 e. The van der Waals surface area contributed by atoms with Gasteiger partial charge in [0, 0.05) is 90.7 Å². The van der Waals surface area contributed by atoms with E-state index in [1.54, 1.807) is 0 Å². The van der Waals surface area contributed by atoms with Crippen LogP contribution in [0.15, 0.2) is 296 Å². The van der Waals surface area contributed by atoms with Gasteiger partial charge in [0.1, 0.15) is 11.6 Å². The Balaban J connectivity index is 0.000000169. The summed E-state index contributed by atoms with van der Waals surface area (Å²) in [5, 5.41) is 5.72. The quantitative estimate of drug-likeness (QED) is 0.110. The summed E-state index contributed by atoms with van der Waals surface area (Å²) < 4.78 is 5.59. The molecule has 0 radical (unpaired) electrons. The summed E-state index contributed by atoms with van der Waals surface area (Å²) in [6.45, 7) is 18.0. The Hall–Kier alpha value is -10.5. The number of fused-ring (bicyclic) bond motifs is 2. The fraction of sp³-hybridized carbons (Fsp3) is 0.163. The lowest BCUT2D eigenvalue weighted by molar-refractivity contribution is 0.806. The summed E-state index contributed by atoms with van der Waals surface area (Å²) in [6.07, 6.45) is 7.98. The molecule has 0 bridgehead atoms. The number of imidazole rings is 2. The van der Waals surface area contributed by atoms with Crippen molar-refractivity contribution < 1.29 is 0 Å². The molecule has 0 spiro atoms. The van der Waals surface area contributed by atoms with Crippen LogP contribution in [0.5, 0.6) is 0 Å². The molecule has 0 aliphatic carbocycles. The lowest BCUT2D eigenvalue weighted by atomic mass is 9.92. The Morgan fingerprint density at radius 3 is 1.21 bits per heavy atom. The number of benzene rings is 10. The van der Waals surface area contributed by atoms with E-state index in [4.69, 9.17) is 15.0 Å². The highest BCUT2D eigenvalue weighted by atomic mass is 79.9. The highest BCUT2D eigenvalue weighted by Crippen LogP contribution is 2.41. The number of rotatable bonds is 15. The molecule has 95 heavy (non-hydrogen) atoms. The fourth-order valence-electron chi connectivity index (χ4n) is 12.1. The minimum atomic E-state index is 0. The molecule has 1 N–H and O–H groups in total. The van der Waals surface area contributed by atoms with Crippen LogP contribution in [-0.4, -0.2) is 29.1 Å². The van der Waals surface area contributed by atoms with Crippen LogP contribution >= 0.6 is 15.9 Å². The molecule has 0 aliphatic heterocycles. The Kier molecular flexibility index (Phi) is 22.0. The summed E-state index contributed by atoms with van der Waals surface area (Å²) in [6, 6.07) is 92.9. The molecule has 0 saturated heterocycles. The number of hydrogen-bond acceptors (Lipinski definition) is 6. The first kappa shape index (κ1) is 67.4. The van der Waals surface area contributed by atoms with Gasteiger partial charge >= 0.3 is 0 Å². The minimum absolute atomic E-state index is 0. The number of aromatic nitrogens is 6. The van der Waals surface area contributed by atoms with Crippen molar-refractivity contribution in [3.8, 4) is 56.7 Å². The van der Waals surface area contributed by atoms with Crippen LogP contribution in [0, 0.1) is 0 Å². The van der Waals surface area contributed by atoms with E-state index in [1.165, 1.54) is 33.6 Å². The Bertz CT molecular complexity index is 4780. The number of anilines is 5. The molecule has 0 fully saturated rings. The number of nitrogens with zero attached hydrogens (tertiary/aromatic N) is 7. The van der Waals surface area contributed by atoms with Crippen LogP contribution in [0.4, 0.5) is 28.4 Å². The molecule has 9 heteroatoms. The zero-order chi connectivity index (χ0) is 64.4. The molecule has 0 amide bonds. The van der Waals surface area contributed by atoms with Gasteiger partial charge in [-0.05, 0) is 143 Å². The number of para-hydroxylation sites is 6. The first-order valence-electron chi connectivity index (χ1n) is 32.1. The van der Waals surface area contributed by atoms with Gasteiger partial charge in [0.25, 0.3) is 0 Å². The molecule has 10 aromatic carbocycles. The maximum atomic E-state index is 4.99. The molecule has 0 saturated carbocycles. The van der Waals surface area contributed by atoms with Crippen molar-refractivity contribution in [2.24, 2.45) is 0 Å². The molecule has 14 rings (SSSR count). The van der Waals surface area contributed by atoms with E-state index in [9.17, 15) is 0 Å². The number of pyridine rings is 2. The van der Waals surface area contributed by atoms with E-state index >= 15 is 0 Å². The number of hydrogen-bond donors (Lipinski definition) is 1. The molecule has 4 aromatic heterocycles. The van der Waals surface area contributed by atoms with Crippen molar-refractivity contribution >= 4 is 66.2 Å². The molecule has 0 unspecified atom stereocenters. The van der Waals surface area contributed by atoms with Gasteiger partial charge < -0.3 is 10.2 Å². The first-order valence-corrected chi connectivity index (χ1v) is 32.9. The lowest BCUT2D eigenvalue weighted by Crippen LogP contribution is -2.11. The van der Waals surface area contributed by atoms with E-state index in [0.29, 0.717) is 23.7 Å². The van der Waals surface area contributed by atoms with Gasteiger partial charge in [-0.2, -0.15) is 0 Å².